The van der Waals surface area contributed by atoms with Gasteiger partial charge in [0, 0.05) is 26.5 Å². The molecule has 0 amide bonds. The highest BCUT2D eigenvalue weighted by molar-refractivity contribution is 7.26. The van der Waals surface area contributed by atoms with E-state index in [4.69, 9.17) is 0 Å². The van der Waals surface area contributed by atoms with Crippen molar-refractivity contribution in [3.05, 3.63) is 176 Å². The SMILES string of the molecule is c1cc(-c2cccc(N(c3cccc4ccccc34)c3cccc4c3sc3ccccc34)c2)cc(-c2cccc3ccccc23)c1. The first kappa shape index (κ1) is 26.7. The van der Waals surface area contributed by atoms with Crippen molar-refractivity contribution in [2.45, 2.75) is 0 Å². The molecular weight excluding hydrogens is 575 g/mol. The third-order valence-electron chi connectivity index (χ3n) is 9.03. The van der Waals surface area contributed by atoms with E-state index in [0.717, 1.165) is 5.69 Å². The number of fused-ring (bicyclic) bond motifs is 5. The van der Waals surface area contributed by atoms with Gasteiger partial charge in [0.2, 0.25) is 0 Å². The van der Waals surface area contributed by atoms with Crippen LogP contribution in [0.15, 0.2) is 176 Å². The number of anilines is 3. The van der Waals surface area contributed by atoms with Gasteiger partial charge in [0.15, 0.2) is 0 Å². The van der Waals surface area contributed by atoms with Crippen LogP contribution in [0.4, 0.5) is 17.1 Å². The zero-order valence-electron chi connectivity index (χ0n) is 25.1. The Morgan fingerprint density at radius 3 is 1.80 bits per heavy atom. The first-order valence-electron chi connectivity index (χ1n) is 15.7. The molecule has 0 N–H and O–H groups in total. The summed E-state index contributed by atoms with van der Waals surface area (Å²) in [6, 6.07) is 64.0. The lowest BCUT2D eigenvalue weighted by molar-refractivity contribution is 1.32. The summed E-state index contributed by atoms with van der Waals surface area (Å²) >= 11 is 1.87. The average Bonchev–Trinajstić information content (AvgIpc) is 3.51. The summed E-state index contributed by atoms with van der Waals surface area (Å²) in [5, 5.41) is 7.59. The molecule has 1 aromatic heterocycles. The van der Waals surface area contributed by atoms with Gasteiger partial charge in [0.1, 0.15) is 0 Å². The molecule has 9 aromatic rings. The monoisotopic (exact) mass is 603 g/mol. The van der Waals surface area contributed by atoms with Crippen molar-refractivity contribution in [3.8, 4) is 22.3 Å². The second-order valence-electron chi connectivity index (χ2n) is 11.7. The van der Waals surface area contributed by atoms with Crippen LogP contribution in [0.5, 0.6) is 0 Å². The molecule has 0 aliphatic carbocycles. The maximum absolute atomic E-state index is 2.46. The summed E-state index contributed by atoms with van der Waals surface area (Å²) in [6.45, 7) is 0. The predicted octanol–water partition coefficient (Wildman–Crippen LogP) is 13.2. The molecule has 0 saturated heterocycles. The first-order chi connectivity index (χ1) is 22.8. The summed E-state index contributed by atoms with van der Waals surface area (Å²) < 4.78 is 2.60. The fraction of sp³-hybridized carbons (Fsp3) is 0. The van der Waals surface area contributed by atoms with E-state index in [-0.39, 0.29) is 0 Å². The molecule has 46 heavy (non-hydrogen) atoms. The van der Waals surface area contributed by atoms with Crippen molar-refractivity contribution >= 4 is 70.1 Å². The van der Waals surface area contributed by atoms with Crippen LogP contribution in [0.25, 0.3) is 64.0 Å². The predicted molar refractivity (Wildman–Crippen MR) is 200 cm³/mol. The van der Waals surface area contributed by atoms with E-state index in [1.54, 1.807) is 0 Å². The Morgan fingerprint density at radius 1 is 0.370 bits per heavy atom. The first-order valence-corrected chi connectivity index (χ1v) is 16.5. The van der Waals surface area contributed by atoms with Crippen LogP contribution in [0.1, 0.15) is 0 Å². The van der Waals surface area contributed by atoms with Gasteiger partial charge in [0.05, 0.1) is 16.1 Å². The number of nitrogens with zero attached hydrogens (tertiary/aromatic N) is 1. The zero-order chi connectivity index (χ0) is 30.5. The second-order valence-corrected chi connectivity index (χ2v) is 12.8. The van der Waals surface area contributed by atoms with E-state index < -0.39 is 0 Å². The lowest BCUT2D eigenvalue weighted by Gasteiger charge is -2.28. The molecule has 1 nitrogen and oxygen atoms in total. The molecule has 0 aliphatic heterocycles. The molecule has 0 aliphatic rings. The van der Waals surface area contributed by atoms with Crippen LogP contribution in [0.2, 0.25) is 0 Å². The van der Waals surface area contributed by atoms with E-state index in [0.29, 0.717) is 0 Å². The highest BCUT2D eigenvalue weighted by Gasteiger charge is 2.20. The maximum Gasteiger partial charge on any atom is 0.0640 e. The maximum atomic E-state index is 2.46. The highest BCUT2D eigenvalue weighted by Crippen LogP contribution is 2.46. The fourth-order valence-corrected chi connectivity index (χ4v) is 8.09. The molecule has 0 unspecified atom stereocenters. The molecular formula is C44H29NS. The molecule has 0 spiro atoms. The molecule has 9 rings (SSSR count). The van der Waals surface area contributed by atoms with Crippen molar-refractivity contribution in [3.63, 3.8) is 0 Å². The number of hydrogen-bond acceptors (Lipinski definition) is 2. The Kier molecular flexibility index (Phi) is 6.40. The van der Waals surface area contributed by atoms with Gasteiger partial charge in [-0.1, -0.05) is 140 Å². The van der Waals surface area contributed by atoms with Crippen LogP contribution >= 0.6 is 11.3 Å². The minimum atomic E-state index is 1.13. The van der Waals surface area contributed by atoms with Crippen molar-refractivity contribution in [1.29, 1.82) is 0 Å². The number of hydrogen-bond donors (Lipinski definition) is 0. The Bertz CT molecular complexity index is 2550. The zero-order valence-corrected chi connectivity index (χ0v) is 25.9. The van der Waals surface area contributed by atoms with Crippen LogP contribution < -0.4 is 4.90 Å². The van der Waals surface area contributed by atoms with Gasteiger partial charge >= 0.3 is 0 Å². The number of thiophene rings is 1. The lowest BCUT2D eigenvalue weighted by Crippen LogP contribution is -2.10. The summed E-state index contributed by atoms with van der Waals surface area (Å²) in [4.78, 5) is 2.46. The van der Waals surface area contributed by atoms with Gasteiger partial charge in [-0.15, -0.1) is 11.3 Å². The van der Waals surface area contributed by atoms with Gasteiger partial charge in [-0.3, -0.25) is 0 Å². The Balaban J connectivity index is 1.24. The van der Waals surface area contributed by atoms with E-state index in [1.165, 1.54) is 75.3 Å². The van der Waals surface area contributed by atoms with E-state index >= 15 is 0 Å². The van der Waals surface area contributed by atoms with Crippen molar-refractivity contribution < 1.29 is 0 Å². The standard InChI is InChI=1S/C44H29NS/c1-3-20-36-30(12-1)14-9-23-37(36)34-18-7-16-32(28-34)33-17-8-19-35(29-33)45(41-25-10-15-31-13-2-4-21-38(31)41)42-26-11-24-40-39-22-5-6-27-43(39)46-44(40)42/h1-29H. The van der Waals surface area contributed by atoms with Gasteiger partial charge in [-0.05, 0) is 74.8 Å². The Labute approximate surface area is 272 Å². The minimum absolute atomic E-state index is 1.13. The van der Waals surface area contributed by atoms with Crippen LogP contribution in [-0.2, 0) is 0 Å². The molecule has 1 heterocycles. The summed E-state index contributed by atoms with van der Waals surface area (Å²) in [5.41, 5.74) is 8.36. The number of rotatable bonds is 5. The lowest BCUT2D eigenvalue weighted by atomic mass is 9.95. The smallest absolute Gasteiger partial charge is 0.0640 e. The van der Waals surface area contributed by atoms with Crippen molar-refractivity contribution in [1.82, 2.24) is 0 Å². The average molecular weight is 604 g/mol. The molecule has 0 radical (unpaired) electrons. The Hall–Kier alpha value is -5.70. The van der Waals surface area contributed by atoms with Gasteiger partial charge in [-0.2, -0.15) is 0 Å². The molecule has 0 atom stereocenters. The third kappa shape index (κ3) is 4.46. The molecule has 8 aromatic carbocycles. The summed E-state index contributed by atoms with van der Waals surface area (Å²) in [7, 11) is 0. The van der Waals surface area contributed by atoms with Crippen LogP contribution in [0.3, 0.4) is 0 Å². The molecule has 0 fully saturated rings. The molecule has 0 saturated carbocycles. The van der Waals surface area contributed by atoms with Crippen molar-refractivity contribution in [2.75, 3.05) is 4.90 Å². The molecule has 216 valence electrons. The second kappa shape index (κ2) is 11.0. The minimum Gasteiger partial charge on any atom is -0.308 e. The summed E-state index contributed by atoms with van der Waals surface area (Å²) in [6.07, 6.45) is 0. The van der Waals surface area contributed by atoms with Gasteiger partial charge < -0.3 is 4.90 Å². The number of benzene rings is 8. The summed E-state index contributed by atoms with van der Waals surface area (Å²) in [5.74, 6) is 0. The van der Waals surface area contributed by atoms with Crippen molar-refractivity contribution in [2.24, 2.45) is 0 Å². The topological polar surface area (TPSA) is 3.24 Å². The molecule has 2 heteroatoms. The van der Waals surface area contributed by atoms with Crippen LogP contribution in [0, 0.1) is 0 Å². The van der Waals surface area contributed by atoms with Crippen LogP contribution in [-0.4, -0.2) is 0 Å². The van der Waals surface area contributed by atoms with Gasteiger partial charge in [-0.25, -0.2) is 0 Å². The Morgan fingerprint density at radius 2 is 0.935 bits per heavy atom. The third-order valence-corrected chi connectivity index (χ3v) is 10.2. The van der Waals surface area contributed by atoms with Gasteiger partial charge in [0.25, 0.3) is 0 Å². The fourth-order valence-electron chi connectivity index (χ4n) is 6.89. The normalized spacial score (nSPS) is 11.5. The van der Waals surface area contributed by atoms with E-state index in [2.05, 4.69) is 181 Å². The molecule has 0 bridgehead atoms. The quantitative estimate of drug-likeness (QED) is 0.189. The largest absolute Gasteiger partial charge is 0.308 e. The highest BCUT2D eigenvalue weighted by atomic mass is 32.1. The van der Waals surface area contributed by atoms with E-state index in [9.17, 15) is 0 Å². The van der Waals surface area contributed by atoms with E-state index in [1.807, 2.05) is 11.3 Å².